The summed E-state index contributed by atoms with van der Waals surface area (Å²) >= 11 is 0. The van der Waals surface area contributed by atoms with Crippen molar-refractivity contribution in [3.05, 3.63) is 60.8 Å². The third-order valence-electron chi connectivity index (χ3n) is 12.6. The van der Waals surface area contributed by atoms with Gasteiger partial charge >= 0.3 is 13.8 Å². The molecule has 0 radical (unpaired) electrons. The predicted octanol–water partition coefficient (Wildman–Crippen LogP) is 18.4. The molecule has 2 atom stereocenters. The quantitative estimate of drug-likeness (QED) is 0.0213. The highest BCUT2D eigenvalue weighted by Gasteiger charge is 2.26. The molecular formula is C60H113NO7P+. The monoisotopic (exact) mass is 991 g/mol. The van der Waals surface area contributed by atoms with Crippen LogP contribution >= 0.6 is 7.82 Å². The molecule has 0 amide bonds. The fraction of sp³-hybridized carbons (Fsp3) is 0.817. The van der Waals surface area contributed by atoms with E-state index in [-0.39, 0.29) is 25.8 Å². The van der Waals surface area contributed by atoms with Gasteiger partial charge in [0, 0.05) is 13.0 Å². The molecule has 0 saturated heterocycles. The highest BCUT2D eigenvalue weighted by Crippen LogP contribution is 2.43. The second-order valence-electron chi connectivity index (χ2n) is 20.7. The number of phosphoric ester groups is 1. The molecule has 0 bridgehead atoms. The lowest BCUT2D eigenvalue weighted by Gasteiger charge is -2.24. The molecule has 69 heavy (non-hydrogen) atoms. The first-order chi connectivity index (χ1) is 33.6. The number of hydrogen-bond donors (Lipinski definition) is 1. The molecule has 9 heteroatoms. The third kappa shape index (κ3) is 57.0. The first-order valence-corrected chi connectivity index (χ1v) is 30.5. The van der Waals surface area contributed by atoms with Crippen LogP contribution in [0.25, 0.3) is 0 Å². The molecule has 0 aliphatic carbocycles. The van der Waals surface area contributed by atoms with Gasteiger partial charge < -0.3 is 18.9 Å². The van der Waals surface area contributed by atoms with E-state index in [9.17, 15) is 14.3 Å². The number of carbonyl (C=O) groups excluding carboxylic acids is 1. The first kappa shape index (κ1) is 67.2. The van der Waals surface area contributed by atoms with Crippen LogP contribution in [0.1, 0.15) is 258 Å². The number of carbonyl (C=O) groups is 1. The van der Waals surface area contributed by atoms with Gasteiger partial charge in [0.15, 0.2) is 0 Å². The highest BCUT2D eigenvalue weighted by molar-refractivity contribution is 7.47. The number of nitrogens with zero attached hydrogens (tertiary/aromatic N) is 1. The maximum Gasteiger partial charge on any atom is 0.472 e. The molecule has 0 aliphatic rings. The standard InChI is InChI=1S/C60H112NO7P/c1-6-8-10-12-14-16-18-20-22-24-26-28-29-30-31-32-34-36-38-40-42-44-46-48-50-52-55-65-57-59(58-67-69(63,64)66-56-54-61(3,4)5)68-60(62)53-51-49-47-45-43-41-39-37-35-33-27-25-23-21-19-17-15-13-11-9-7-2/h9,11,15,17,21,23,27,33,37,39,59H,6-8,10,12-14,16,18-20,22,24-26,28-32,34-36,38,40-58H2,1-5H3/p+1/b11-9-,17-15-,23-21-,33-27-,39-37-. The topological polar surface area (TPSA) is 91.3 Å². The molecule has 0 fully saturated rings. The molecule has 404 valence electrons. The van der Waals surface area contributed by atoms with Crippen LogP contribution in [0.5, 0.6) is 0 Å². The highest BCUT2D eigenvalue weighted by atomic mass is 31.2. The van der Waals surface area contributed by atoms with Crippen molar-refractivity contribution in [3.63, 3.8) is 0 Å². The van der Waals surface area contributed by atoms with E-state index in [2.05, 4.69) is 74.6 Å². The largest absolute Gasteiger partial charge is 0.472 e. The maximum absolute atomic E-state index is 12.8. The van der Waals surface area contributed by atoms with Crippen LogP contribution in [0.15, 0.2) is 60.8 Å². The Bertz CT molecular complexity index is 1290. The molecule has 0 heterocycles. The first-order valence-electron chi connectivity index (χ1n) is 29.0. The fourth-order valence-corrected chi connectivity index (χ4v) is 8.91. The molecule has 0 saturated carbocycles. The number of ether oxygens (including phenoxy) is 2. The number of esters is 1. The summed E-state index contributed by atoms with van der Waals surface area (Å²) in [5.74, 6) is -0.329. The van der Waals surface area contributed by atoms with Crippen LogP contribution in [0.3, 0.4) is 0 Å². The van der Waals surface area contributed by atoms with Crippen LogP contribution in [0.4, 0.5) is 0 Å². The molecule has 0 spiro atoms. The minimum Gasteiger partial charge on any atom is -0.457 e. The van der Waals surface area contributed by atoms with Crippen molar-refractivity contribution in [2.75, 3.05) is 54.1 Å². The summed E-state index contributed by atoms with van der Waals surface area (Å²) in [6.45, 7) is 5.52. The number of quaternary nitrogens is 1. The van der Waals surface area contributed by atoms with E-state index >= 15 is 0 Å². The van der Waals surface area contributed by atoms with Crippen LogP contribution in [-0.2, 0) is 27.9 Å². The van der Waals surface area contributed by atoms with Crippen molar-refractivity contribution in [2.24, 2.45) is 0 Å². The van der Waals surface area contributed by atoms with Crippen molar-refractivity contribution in [3.8, 4) is 0 Å². The molecule has 2 unspecified atom stereocenters. The summed E-state index contributed by atoms with van der Waals surface area (Å²) in [5.41, 5.74) is 0. The number of hydrogen-bond acceptors (Lipinski definition) is 6. The molecular weight excluding hydrogens is 878 g/mol. The van der Waals surface area contributed by atoms with Crippen molar-refractivity contribution in [2.45, 2.75) is 264 Å². The number of unbranched alkanes of at least 4 members (excludes halogenated alkanes) is 30. The second-order valence-corrected chi connectivity index (χ2v) is 22.1. The summed E-state index contributed by atoms with van der Waals surface area (Å²) in [6, 6.07) is 0. The van der Waals surface area contributed by atoms with Gasteiger partial charge in [0.25, 0.3) is 0 Å². The molecule has 0 aromatic rings. The molecule has 1 N–H and O–H groups in total. The van der Waals surface area contributed by atoms with Gasteiger partial charge in [0.2, 0.25) is 0 Å². The lowest BCUT2D eigenvalue weighted by Crippen LogP contribution is -2.37. The lowest BCUT2D eigenvalue weighted by atomic mass is 10.0. The summed E-state index contributed by atoms with van der Waals surface area (Å²) in [5, 5.41) is 0. The second kappa shape index (κ2) is 52.5. The Labute approximate surface area is 428 Å². The van der Waals surface area contributed by atoms with Crippen LogP contribution in [0, 0.1) is 0 Å². The maximum atomic E-state index is 12.8. The Balaban J connectivity index is 4.07. The zero-order valence-electron chi connectivity index (χ0n) is 46.0. The summed E-state index contributed by atoms with van der Waals surface area (Å²) in [6.07, 6.45) is 68.6. The Morgan fingerprint density at radius 3 is 1.26 bits per heavy atom. The Kier molecular flexibility index (Phi) is 51.2. The smallest absolute Gasteiger partial charge is 0.457 e. The van der Waals surface area contributed by atoms with E-state index in [0.29, 0.717) is 24.1 Å². The molecule has 0 aromatic heterocycles. The van der Waals surface area contributed by atoms with Gasteiger partial charge in [-0.15, -0.1) is 0 Å². The number of rotatable bonds is 54. The van der Waals surface area contributed by atoms with Crippen molar-refractivity contribution in [1.82, 2.24) is 0 Å². The SMILES string of the molecule is CC/C=C\C/C=C\C/C=C\C/C=C\C/C=C\CCCCCCCC(=O)OC(COCCCCCCCCCCCCCCCCCCCCCCCCCCCC)COP(=O)(O)OCC[N+](C)(C)C. The minimum atomic E-state index is -4.29. The van der Waals surface area contributed by atoms with E-state index in [1.54, 1.807) is 0 Å². The zero-order valence-corrected chi connectivity index (χ0v) is 46.9. The Morgan fingerprint density at radius 2 is 0.841 bits per heavy atom. The Hall–Kier alpha value is -1.80. The lowest BCUT2D eigenvalue weighted by molar-refractivity contribution is -0.870. The van der Waals surface area contributed by atoms with E-state index in [1.807, 2.05) is 21.1 Å². The van der Waals surface area contributed by atoms with E-state index in [0.717, 1.165) is 83.5 Å². The molecule has 0 aliphatic heterocycles. The molecule has 0 aromatic carbocycles. The van der Waals surface area contributed by atoms with Crippen LogP contribution in [0.2, 0.25) is 0 Å². The number of phosphoric acid groups is 1. The van der Waals surface area contributed by atoms with Crippen molar-refractivity contribution in [1.29, 1.82) is 0 Å². The molecule has 0 rings (SSSR count). The van der Waals surface area contributed by atoms with E-state index < -0.39 is 13.9 Å². The summed E-state index contributed by atoms with van der Waals surface area (Å²) < 4.78 is 35.2. The van der Waals surface area contributed by atoms with Gasteiger partial charge in [-0.25, -0.2) is 4.57 Å². The fourth-order valence-electron chi connectivity index (χ4n) is 8.17. The average Bonchev–Trinajstić information content (AvgIpc) is 3.31. The summed E-state index contributed by atoms with van der Waals surface area (Å²) in [4.78, 5) is 23.1. The van der Waals surface area contributed by atoms with Crippen LogP contribution in [-0.4, -0.2) is 75.6 Å². The average molecular weight is 992 g/mol. The van der Waals surface area contributed by atoms with Gasteiger partial charge in [-0.3, -0.25) is 13.8 Å². The van der Waals surface area contributed by atoms with E-state index in [4.69, 9.17) is 18.5 Å². The minimum absolute atomic E-state index is 0.0835. The van der Waals surface area contributed by atoms with Gasteiger partial charge in [-0.2, -0.15) is 0 Å². The number of allylic oxidation sites excluding steroid dienone is 10. The summed E-state index contributed by atoms with van der Waals surface area (Å²) in [7, 11) is 1.66. The van der Waals surface area contributed by atoms with Gasteiger partial charge in [-0.05, 0) is 57.8 Å². The Morgan fingerprint density at radius 1 is 0.464 bits per heavy atom. The van der Waals surface area contributed by atoms with Gasteiger partial charge in [0.1, 0.15) is 19.3 Å². The number of likely N-dealkylation sites (N-methyl/N-ethyl adjacent to an activating group) is 1. The normalized spacial score (nSPS) is 13.9. The predicted molar refractivity (Wildman–Crippen MR) is 298 cm³/mol. The third-order valence-corrected chi connectivity index (χ3v) is 13.6. The van der Waals surface area contributed by atoms with Gasteiger partial charge in [-0.1, -0.05) is 254 Å². The van der Waals surface area contributed by atoms with Crippen molar-refractivity contribution < 1.29 is 37.3 Å². The van der Waals surface area contributed by atoms with Gasteiger partial charge in [0.05, 0.1) is 34.4 Å². The zero-order chi connectivity index (χ0) is 50.5. The van der Waals surface area contributed by atoms with Crippen molar-refractivity contribution >= 4 is 13.8 Å². The molecule has 8 nitrogen and oxygen atoms in total. The van der Waals surface area contributed by atoms with Crippen LogP contribution < -0.4 is 0 Å². The van der Waals surface area contributed by atoms with E-state index in [1.165, 1.54) is 154 Å².